The van der Waals surface area contributed by atoms with E-state index in [-0.39, 0.29) is 5.91 Å². The number of amides is 1. The van der Waals surface area contributed by atoms with Crippen LogP contribution in [0.4, 0.5) is 0 Å². The maximum atomic E-state index is 12.2. The number of aryl methyl sites for hydroxylation is 1. The van der Waals surface area contributed by atoms with Crippen LogP contribution in [0.15, 0.2) is 61.1 Å². The summed E-state index contributed by atoms with van der Waals surface area (Å²) in [5.41, 5.74) is 2.64. The molecular weight excluding hydrogens is 300 g/mol. The fourth-order valence-corrected chi connectivity index (χ4v) is 2.94. The third-order valence-corrected chi connectivity index (χ3v) is 4.20. The molecule has 1 amide bonds. The van der Waals surface area contributed by atoms with Gasteiger partial charge in [-0.25, -0.2) is 4.98 Å². The molecule has 0 aliphatic carbocycles. The van der Waals surface area contributed by atoms with E-state index in [0.29, 0.717) is 12.1 Å². The van der Waals surface area contributed by atoms with Gasteiger partial charge in [0.1, 0.15) is 5.65 Å². The maximum absolute atomic E-state index is 12.2. The Labute approximate surface area is 139 Å². The van der Waals surface area contributed by atoms with E-state index in [1.165, 1.54) is 0 Å². The Morgan fingerprint density at radius 2 is 2.12 bits per heavy atom. The van der Waals surface area contributed by atoms with Gasteiger partial charge in [-0.2, -0.15) is 0 Å². The summed E-state index contributed by atoms with van der Waals surface area (Å²) in [5, 5.41) is 5.23. The van der Waals surface area contributed by atoms with Gasteiger partial charge in [-0.15, -0.1) is 0 Å². The first kappa shape index (κ1) is 14.5. The minimum Gasteiger partial charge on any atom is -0.361 e. The molecule has 0 spiro atoms. The summed E-state index contributed by atoms with van der Waals surface area (Å²) < 4.78 is 2.12. The molecule has 0 atom stereocenters. The second kappa shape index (κ2) is 6.20. The van der Waals surface area contributed by atoms with E-state index in [1.54, 1.807) is 6.20 Å². The van der Waals surface area contributed by atoms with Crippen LogP contribution in [-0.4, -0.2) is 27.0 Å². The Bertz CT molecular complexity index is 999. The summed E-state index contributed by atoms with van der Waals surface area (Å²) in [6.45, 7) is 1.46. The first-order valence-corrected chi connectivity index (χ1v) is 8.06. The summed E-state index contributed by atoms with van der Waals surface area (Å²) in [6.07, 6.45) is 6.58. The third kappa shape index (κ3) is 2.76. The lowest BCUT2D eigenvalue weighted by molar-refractivity contribution is 0.0953. The summed E-state index contributed by atoms with van der Waals surface area (Å²) in [6, 6.07) is 13.7. The molecular formula is C19H18N4O. The van der Waals surface area contributed by atoms with Crippen molar-refractivity contribution in [1.29, 1.82) is 0 Å². The van der Waals surface area contributed by atoms with E-state index in [1.807, 2.05) is 42.7 Å². The first-order chi connectivity index (χ1) is 11.8. The standard InChI is InChI=1S/C19H18N4O/c24-19(16-5-4-14-6-10-20-17(14)13-16)22-9-2-11-23-12-7-15-3-1-8-21-18(15)23/h1,3-8,10,12-13,20H,2,9,11H2,(H,22,24). The topological polar surface area (TPSA) is 62.7 Å². The molecule has 0 aliphatic rings. The van der Waals surface area contributed by atoms with Crippen molar-refractivity contribution in [3.8, 4) is 0 Å². The number of aromatic nitrogens is 3. The first-order valence-electron chi connectivity index (χ1n) is 8.06. The highest BCUT2D eigenvalue weighted by molar-refractivity contribution is 5.97. The van der Waals surface area contributed by atoms with Crippen LogP contribution in [-0.2, 0) is 6.54 Å². The Morgan fingerprint density at radius 1 is 1.17 bits per heavy atom. The number of aromatic amines is 1. The van der Waals surface area contributed by atoms with Gasteiger partial charge in [-0.1, -0.05) is 6.07 Å². The Morgan fingerprint density at radius 3 is 3.08 bits per heavy atom. The second-order valence-electron chi connectivity index (χ2n) is 5.81. The highest BCUT2D eigenvalue weighted by Gasteiger charge is 2.06. The minimum atomic E-state index is -0.0398. The lowest BCUT2D eigenvalue weighted by Gasteiger charge is -2.07. The number of benzene rings is 1. The van der Waals surface area contributed by atoms with E-state index in [2.05, 4.69) is 32.0 Å². The van der Waals surface area contributed by atoms with Crippen molar-refractivity contribution in [2.75, 3.05) is 6.54 Å². The largest absolute Gasteiger partial charge is 0.361 e. The van der Waals surface area contributed by atoms with Gasteiger partial charge in [0.15, 0.2) is 0 Å². The van der Waals surface area contributed by atoms with Crippen molar-refractivity contribution >= 4 is 27.8 Å². The number of carbonyl (C=O) groups excluding carboxylic acids is 1. The number of fused-ring (bicyclic) bond motifs is 2. The molecule has 24 heavy (non-hydrogen) atoms. The monoisotopic (exact) mass is 318 g/mol. The zero-order valence-electron chi connectivity index (χ0n) is 13.2. The van der Waals surface area contributed by atoms with Crippen molar-refractivity contribution < 1.29 is 4.79 Å². The number of hydrogen-bond donors (Lipinski definition) is 2. The van der Waals surface area contributed by atoms with Crippen LogP contribution in [0.2, 0.25) is 0 Å². The lowest BCUT2D eigenvalue weighted by atomic mass is 10.1. The van der Waals surface area contributed by atoms with Crippen molar-refractivity contribution in [2.45, 2.75) is 13.0 Å². The van der Waals surface area contributed by atoms with Crippen LogP contribution >= 0.6 is 0 Å². The van der Waals surface area contributed by atoms with Gasteiger partial charge in [0.2, 0.25) is 0 Å². The van der Waals surface area contributed by atoms with E-state index >= 15 is 0 Å². The summed E-state index contributed by atoms with van der Waals surface area (Å²) in [5.74, 6) is -0.0398. The van der Waals surface area contributed by atoms with Crippen LogP contribution in [0, 0.1) is 0 Å². The zero-order valence-corrected chi connectivity index (χ0v) is 13.2. The van der Waals surface area contributed by atoms with Gasteiger partial charge in [-0.3, -0.25) is 4.79 Å². The molecule has 1 aromatic carbocycles. The van der Waals surface area contributed by atoms with Gasteiger partial charge >= 0.3 is 0 Å². The Kier molecular flexibility index (Phi) is 3.75. The molecule has 3 aromatic heterocycles. The molecule has 0 fully saturated rings. The predicted octanol–water partition coefficient (Wildman–Crippen LogP) is 3.34. The van der Waals surface area contributed by atoms with Gasteiger partial charge in [0, 0.05) is 48.1 Å². The highest BCUT2D eigenvalue weighted by atomic mass is 16.1. The van der Waals surface area contributed by atoms with Crippen molar-refractivity contribution in [1.82, 2.24) is 19.9 Å². The van der Waals surface area contributed by atoms with E-state index in [0.717, 1.165) is 34.9 Å². The van der Waals surface area contributed by atoms with E-state index in [4.69, 9.17) is 0 Å². The van der Waals surface area contributed by atoms with E-state index < -0.39 is 0 Å². The maximum Gasteiger partial charge on any atom is 0.251 e. The molecule has 4 aromatic rings. The molecule has 0 unspecified atom stereocenters. The van der Waals surface area contributed by atoms with Gasteiger partial charge < -0.3 is 14.9 Å². The fraction of sp³-hybridized carbons (Fsp3) is 0.158. The quantitative estimate of drug-likeness (QED) is 0.554. The van der Waals surface area contributed by atoms with Gasteiger partial charge in [-0.05, 0) is 48.2 Å². The van der Waals surface area contributed by atoms with Gasteiger partial charge in [0.05, 0.1) is 0 Å². The summed E-state index contributed by atoms with van der Waals surface area (Å²) in [7, 11) is 0. The van der Waals surface area contributed by atoms with Crippen molar-refractivity contribution in [3.63, 3.8) is 0 Å². The molecule has 2 N–H and O–H groups in total. The lowest BCUT2D eigenvalue weighted by Crippen LogP contribution is -2.25. The van der Waals surface area contributed by atoms with Gasteiger partial charge in [0.25, 0.3) is 5.91 Å². The van der Waals surface area contributed by atoms with Crippen LogP contribution < -0.4 is 5.32 Å². The highest BCUT2D eigenvalue weighted by Crippen LogP contribution is 2.14. The normalized spacial score (nSPS) is 11.2. The average Bonchev–Trinajstić information content (AvgIpc) is 3.24. The molecule has 0 saturated carbocycles. The fourth-order valence-electron chi connectivity index (χ4n) is 2.94. The molecule has 0 saturated heterocycles. The zero-order chi connectivity index (χ0) is 16.4. The minimum absolute atomic E-state index is 0.0398. The number of hydrogen-bond acceptors (Lipinski definition) is 2. The number of H-pyrrole nitrogens is 1. The van der Waals surface area contributed by atoms with Crippen molar-refractivity contribution in [3.05, 3.63) is 66.6 Å². The molecule has 4 rings (SSSR count). The molecule has 0 radical (unpaired) electrons. The second-order valence-corrected chi connectivity index (χ2v) is 5.81. The molecule has 0 bridgehead atoms. The van der Waals surface area contributed by atoms with Crippen LogP contribution in [0.25, 0.3) is 21.9 Å². The van der Waals surface area contributed by atoms with Crippen LogP contribution in [0.3, 0.4) is 0 Å². The molecule has 0 aliphatic heterocycles. The predicted molar refractivity (Wildman–Crippen MR) is 95.0 cm³/mol. The smallest absolute Gasteiger partial charge is 0.251 e. The average molecular weight is 318 g/mol. The Hall–Kier alpha value is -3.08. The molecule has 120 valence electrons. The summed E-state index contributed by atoms with van der Waals surface area (Å²) in [4.78, 5) is 19.8. The number of nitrogens with one attached hydrogen (secondary N) is 2. The molecule has 5 nitrogen and oxygen atoms in total. The Balaban J connectivity index is 1.34. The third-order valence-electron chi connectivity index (χ3n) is 4.20. The molecule has 5 heteroatoms. The van der Waals surface area contributed by atoms with Crippen LogP contribution in [0.5, 0.6) is 0 Å². The number of nitrogens with zero attached hydrogens (tertiary/aromatic N) is 2. The number of pyridine rings is 1. The molecule has 3 heterocycles. The number of carbonyl (C=O) groups is 1. The SMILES string of the molecule is O=C(NCCCn1ccc2cccnc21)c1ccc2cc[nH]c2c1. The number of rotatable bonds is 5. The van der Waals surface area contributed by atoms with E-state index in [9.17, 15) is 4.79 Å². The van der Waals surface area contributed by atoms with Crippen LogP contribution in [0.1, 0.15) is 16.8 Å². The summed E-state index contributed by atoms with van der Waals surface area (Å²) >= 11 is 0. The van der Waals surface area contributed by atoms with Crippen molar-refractivity contribution in [2.24, 2.45) is 0 Å².